The molecule has 1 fully saturated rings. The molecule has 1 aliphatic heterocycles. The van der Waals surface area contributed by atoms with Crippen LogP contribution < -0.4 is 0 Å². The van der Waals surface area contributed by atoms with Gasteiger partial charge in [0.15, 0.2) is 0 Å². The molecule has 1 saturated heterocycles. The highest BCUT2D eigenvalue weighted by Crippen LogP contribution is 2.16. The molecule has 0 saturated carbocycles. The van der Waals surface area contributed by atoms with E-state index in [9.17, 15) is 5.11 Å². The predicted octanol–water partition coefficient (Wildman–Crippen LogP) is 0.972. The van der Waals surface area contributed by atoms with Crippen LogP contribution in [0.2, 0.25) is 0 Å². The van der Waals surface area contributed by atoms with Crippen LogP contribution in [0.4, 0.5) is 0 Å². The summed E-state index contributed by atoms with van der Waals surface area (Å²) in [5.41, 5.74) is 2.94. The van der Waals surface area contributed by atoms with E-state index in [1.165, 1.54) is 0 Å². The lowest BCUT2D eigenvalue weighted by molar-refractivity contribution is -0.0451. The van der Waals surface area contributed by atoms with Gasteiger partial charge in [0.25, 0.3) is 0 Å². The number of aliphatic hydroxyl groups excluding tert-OH is 1. The molecule has 1 aromatic heterocycles. The highest BCUT2D eigenvalue weighted by atomic mass is 32.1. The molecule has 0 radical (unpaired) electrons. The largest absolute Gasteiger partial charge is 0.393 e. The number of aliphatic hydroxyl groups is 1. The lowest BCUT2D eigenvalue weighted by Crippen LogP contribution is -2.39. The van der Waals surface area contributed by atoms with Gasteiger partial charge in [0, 0.05) is 31.0 Å². The lowest BCUT2D eigenvalue weighted by Gasteiger charge is -2.30. The summed E-state index contributed by atoms with van der Waals surface area (Å²) in [6.07, 6.45) is 0.543. The first kappa shape index (κ1) is 12.0. The maximum atomic E-state index is 9.82. The van der Waals surface area contributed by atoms with Crippen molar-refractivity contribution in [2.45, 2.75) is 19.1 Å². The number of aromatic nitrogens is 1. The molecular weight excluding hydrogens is 224 g/mol. The minimum atomic E-state index is -0.216. The summed E-state index contributed by atoms with van der Waals surface area (Å²) < 4.78 is 5.39. The van der Waals surface area contributed by atoms with Gasteiger partial charge in [0.1, 0.15) is 0 Å². The van der Waals surface area contributed by atoms with Crippen LogP contribution in [0.25, 0.3) is 0 Å². The molecule has 1 aliphatic rings. The molecule has 0 spiro atoms. The Balaban J connectivity index is 1.79. The van der Waals surface area contributed by atoms with Crippen molar-refractivity contribution >= 4 is 11.3 Å². The summed E-state index contributed by atoms with van der Waals surface area (Å²) in [5, 5.41) is 11.9. The third-order valence-corrected chi connectivity index (χ3v) is 3.53. The van der Waals surface area contributed by atoms with Crippen LogP contribution in [0.1, 0.15) is 12.1 Å². The second kappa shape index (κ2) is 5.72. The molecule has 1 aromatic rings. The highest BCUT2D eigenvalue weighted by Gasteiger charge is 2.24. The highest BCUT2D eigenvalue weighted by molar-refractivity contribution is 7.07. The van der Waals surface area contributed by atoms with Gasteiger partial charge in [-0.1, -0.05) is 0 Å². The van der Waals surface area contributed by atoms with E-state index in [-0.39, 0.29) is 12.0 Å². The van der Waals surface area contributed by atoms with Crippen molar-refractivity contribution in [3.63, 3.8) is 0 Å². The molecule has 2 atom stereocenters. The van der Waals surface area contributed by atoms with Crippen LogP contribution in [0.3, 0.4) is 0 Å². The number of hydrogen-bond acceptors (Lipinski definition) is 5. The first-order valence-electron chi connectivity index (χ1n) is 5.57. The Hall–Kier alpha value is -0.490. The zero-order valence-electron chi connectivity index (χ0n) is 9.50. The van der Waals surface area contributed by atoms with E-state index >= 15 is 0 Å². The molecule has 90 valence electrons. The Bertz CT molecular complexity index is 305. The quantitative estimate of drug-likeness (QED) is 0.854. The summed E-state index contributed by atoms with van der Waals surface area (Å²) in [4.78, 5) is 6.44. The second-order valence-corrected chi connectivity index (χ2v) is 5.09. The van der Waals surface area contributed by atoms with Gasteiger partial charge in [-0.15, -0.1) is 11.3 Å². The van der Waals surface area contributed by atoms with Crippen molar-refractivity contribution in [3.8, 4) is 0 Å². The summed E-state index contributed by atoms with van der Waals surface area (Å²) in [7, 11) is 2.06. The topological polar surface area (TPSA) is 45.6 Å². The first-order valence-corrected chi connectivity index (χ1v) is 6.51. The average molecular weight is 242 g/mol. The molecular formula is C11H18N2O2S. The fourth-order valence-electron chi connectivity index (χ4n) is 2.02. The molecule has 0 aliphatic carbocycles. The molecule has 5 heteroatoms. The van der Waals surface area contributed by atoms with E-state index in [4.69, 9.17) is 4.74 Å². The van der Waals surface area contributed by atoms with Crippen molar-refractivity contribution in [1.29, 1.82) is 0 Å². The number of rotatable bonds is 4. The molecule has 0 amide bonds. The van der Waals surface area contributed by atoms with E-state index in [1.54, 1.807) is 11.3 Å². The summed E-state index contributed by atoms with van der Waals surface area (Å²) in [5.74, 6) is 0.234. The van der Waals surface area contributed by atoms with Crippen LogP contribution >= 0.6 is 11.3 Å². The van der Waals surface area contributed by atoms with Crippen LogP contribution in [0.15, 0.2) is 10.9 Å². The summed E-state index contributed by atoms with van der Waals surface area (Å²) >= 11 is 1.62. The Labute approximate surface area is 99.9 Å². The van der Waals surface area contributed by atoms with Crippen molar-refractivity contribution in [2.24, 2.45) is 5.92 Å². The SMILES string of the molecule is CN(Cc1cscn1)CC1COCCC1O. The second-order valence-electron chi connectivity index (χ2n) is 4.37. The Kier molecular flexibility index (Phi) is 4.29. The fourth-order valence-corrected chi connectivity index (χ4v) is 2.57. The third-order valence-electron chi connectivity index (χ3n) is 2.90. The minimum absolute atomic E-state index is 0.216. The van der Waals surface area contributed by atoms with Crippen LogP contribution in [0.5, 0.6) is 0 Å². The van der Waals surface area contributed by atoms with Gasteiger partial charge in [0.2, 0.25) is 0 Å². The maximum Gasteiger partial charge on any atom is 0.0795 e. The Morgan fingerprint density at radius 1 is 1.69 bits per heavy atom. The van der Waals surface area contributed by atoms with Crippen molar-refractivity contribution in [3.05, 3.63) is 16.6 Å². The molecule has 2 rings (SSSR count). The zero-order chi connectivity index (χ0) is 11.4. The fraction of sp³-hybridized carbons (Fsp3) is 0.727. The van der Waals surface area contributed by atoms with Gasteiger partial charge in [-0.3, -0.25) is 0 Å². The van der Waals surface area contributed by atoms with Crippen molar-refractivity contribution in [2.75, 3.05) is 26.8 Å². The maximum absolute atomic E-state index is 9.82. The van der Waals surface area contributed by atoms with Crippen LogP contribution in [-0.2, 0) is 11.3 Å². The molecule has 2 unspecified atom stereocenters. The molecule has 16 heavy (non-hydrogen) atoms. The van der Waals surface area contributed by atoms with E-state index in [1.807, 2.05) is 5.51 Å². The lowest BCUT2D eigenvalue weighted by atomic mass is 9.98. The predicted molar refractivity (Wildman–Crippen MR) is 63.4 cm³/mol. The minimum Gasteiger partial charge on any atom is -0.393 e. The summed E-state index contributed by atoms with van der Waals surface area (Å²) in [6.45, 7) is 3.06. The van der Waals surface area contributed by atoms with Gasteiger partial charge < -0.3 is 14.7 Å². The third kappa shape index (κ3) is 3.25. The molecule has 4 nitrogen and oxygen atoms in total. The Morgan fingerprint density at radius 3 is 3.25 bits per heavy atom. The first-order chi connectivity index (χ1) is 7.75. The number of thiazole rings is 1. The van der Waals surface area contributed by atoms with Gasteiger partial charge in [0.05, 0.1) is 23.9 Å². The normalized spacial score (nSPS) is 26.2. The van der Waals surface area contributed by atoms with Gasteiger partial charge >= 0.3 is 0 Å². The van der Waals surface area contributed by atoms with Gasteiger partial charge in [-0.2, -0.15) is 0 Å². The standard InChI is InChI=1S/C11H18N2O2S/c1-13(5-10-7-16-8-12-10)4-9-6-15-3-2-11(9)14/h7-9,11,14H,2-6H2,1H3. The monoisotopic (exact) mass is 242 g/mol. The van der Waals surface area contributed by atoms with Crippen molar-refractivity contribution in [1.82, 2.24) is 9.88 Å². The van der Waals surface area contributed by atoms with Crippen molar-refractivity contribution < 1.29 is 9.84 Å². The molecule has 0 bridgehead atoms. The average Bonchev–Trinajstić information content (AvgIpc) is 2.74. The number of nitrogens with zero attached hydrogens (tertiary/aromatic N) is 2. The van der Waals surface area contributed by atoms with E-state index in [2.05, 4.69) is 22.3 Å². The van der Waals surface area contributed by atoms with Gasteiger partial charge in [-0.05, 0) is 13.5 Å². The zero-order valence-corrected chi connectivity index (χ0v) is 10.3. The number of hydrogen-bond donors (Lipinski definition) is 1. The summed E-state index contributed by atoms with van der Waals surface area (Å²) in [6, 6.07) is 0. The molecule has 2 heterocycles. The van der Waals surface area contributed by atoms with Crippen LogP contribution in [-0.4, -0.2) is 47.9 Å². The van der Waals surface area contributed by atoms with E-state index < -0.39 is 0 Å². The van der Waals surface area contributed by atoms with Gasteiger partial charge in [-0.25, -0.2) is 4.98 Å². The number of ether oxygens (including phenoxy) is 1. The van der Waals surface area contributed by atoms with E-state index in [0.717, 1.165) is 25.2 Å². The smallest absolute Gasteiger partial charge is 0.0795 e. The Morgan fingerprint density at radius 2 is 2.56 bits per heavy atom. The molecule has 0 aromatic carbocycles. The molecule has 1 N–H and O–H groups in total. The van der Waals surface area contributed by atoms with Crippen LogP contribution in [0, 0.1) is 5.92 Å². The van der Waals surface area contributed by atoms with E-state index in [0.29, 0.717) is 13.2 Å².